The predicted molar refractivity (Wildman–Crippen MR) is 62.9 cm³/mol. The maximum Gasteiger partial charge on any atom is 0.234 e. The van der Waals surface area contributed by atoms with Crippen LogP contribution in [0.2, 0.25) is 0 Å². The molecule has 0 aliphatic carbocycles. The van der Waals surface area contributed by atoms with Crippen LogP contribution in [0, 0.1) is 12.3 Å². The lowest BCUT2D eigenvalue weighted by Gasteiger charge is -2.12. The van der Waals surface area contributed by atoms with Gasteiger partial charge in [-0.2, -0.15) is 0 Å². The SMILES string of the molecule is C#CCNCC(=O)NC(C)CCS(C)=O. The van der Waals surface area contributed by atoms with Gasteiger partial charge in [-0.1, -0.05) is 5.92 Å². The van der Waals surface area contributed by atoms with Crippen LogP contribution in [0.1, 0.15) is 13.3 Å². The van der Waals surface area contributed by atoms with Crippen LogP contribution in [0.3, 0.4) is 0 Å². The van der Waals surface area contributed by atoms with Crippen molar-refractivity contribution in [3.8, 4) is 12.3 Å². The van der Waals surface area contributed by atoms with Gasteiger partial charge in [0.1, 0.15) is 0 Å². The first-order chi connectivity index (χ1) is 7.06. The first kappa shape index (κ1) is 14.1. The van der Waals surface area contributed by atoms with Crippen molar-refractivity contribution in [2.75, 3.05) is 25.1 Å². The minimum atomic E-state index is -0.801. The second-order valence-electron chi connectivity index (χ2n) is 3.34. The Hall–Kier alpha value is -0.860. The van der Waals surface area contributed by atoms with E-state index >= 15 is 0 Å². The van der Waals surface area contributed by atoms with Gasteiger partial charge >= 0.3 is 0 Å². The minimum absolute atomic E-state index is 0.0500. The number of hydrogen-bond donors (Lipinski definition) is 2. The van der Waals surface area contributed by atoms with Crippen LogP contribution < -0.4 is 10.6 Å². The van der Waals surface area contributed by atoms with Gasteiger partial charge in [0.05, 0.1) is 13.1 Å². The van der Waals surface area contributed by atoms with E-state index in [1.165, 1.54) is 0 Å². The molecule has 0 aliphatic rings. The van der Waals surface area contributed by atoms with E-state index in [4.69, 9.17) is 6.42 Å². The van der Waals surface area contributed by atoms with Gasteiger partial charge in [0.25, 0.3) is 0 Å². The summed E-state index contributed by atoms with van der Waals surface area (Å²) < 4.78 is 10.8. The van der Waals surface area contributed by atoms with Crippen LogP contribution in [0.5, 0.6) is 0 Å². The molecule has 0 heterocycles. The largest absolute Gasteiger partial charge is 0.353 e. The molecule has 15 heavy (non-hydrogen) atoms. The summed E-state index contributed by atoms with van der Waals surface area (Å²) in [7, 11) is -0.801. The molecule has 0 aromatic carbocycles. The number of carbonyl (C=O) groups excluding carboxylic acids is 1. The van der Waals surface area contributed by atoms with E-state index in [1.54, 1.807) is 6.26 Å². The van der Waals surface area contributed by atoms with Gasteiger partial charge in [0.15, 0.2) is 0 Å². The van der Waals surface area contributed by atoms with E-state index in [0.29, 0.717) is 12.3 Å². The van der Waals surface area contributed by atoms with Gasteiger partial charge in [-0.05, 0) is 13.3 Å². The van der Waals surface area contributed by atoms with Gasteiger partial charge in [-0.25, -0.2) is 0 Å². The molecule has 5 heteroatoms. The third kappa shape index (κ3) is 9.44. The van der Waals surface area contributed by atoms with Crippen LogP contribution in [0.25, 0.3) is 0 Å². The molecule has 4 nitrogen and oxygen atoms in total. The van der Waals surface area contributed by atoms with Gasteiger partial charge in [0.2, 0.25) is 5.91 Å². The number of amides is 1. The summed E-state index contributed by atoms with van der Waals surface area (Å²) in [6.45, 7) is 2.51. The Bertz CT molecular complexity index is 261. The van der Waals surface area contributed by atoms with Crippen molar-refractivity contribution in [2.45, 2.75) is 19.4 Å². The minimum Gasteiger partial charge on any atom is -0.353 e. The van der Waals surface area contributed by atoms with E-state index in [-0.39, 0.29) is 18.5 Å². The molecule has 0 saturated heterocycles. The summed E-state index contributed by atoms with van der Waals surface area (Å²) >= 11 is 0. The summed E-state index contributed by atoms with van der Waals surface area (Å²) in [5.41, 5.74) is 0. The van der Waals surface area contributed by atoms with E-state index in [0.717, 1.165) is 6.42 Å². The van der Waals surface area contributed by atoms with Crippen molar-refractivity contribution < 1.29 is 9.00 Å². The van der Waals surface area contributed by atoms with Gasteiger partial charge in [-0.15, -0.1) is 6.42 Å². The highest BCUT2D eigenvalue weighted by Crippen LogP contribution is 1.92. The lowest BCUT2D eigenvalue weighted by Crippen LogP contribution is -2.39. The number of hydrogen-bond acceptors (Lipinski definition) is 3. The second-order valence-corrected chi connectivity index (χ2v) is 4.90. The molecule has 2 atom stereocenters. The van der Waals surface area contributed by atoms with Crippen LogP contribution in [-0.2, 0) is 15.6 Å². The van der Waals surface area contributed by atoms with Crippen molar-refractivity contribution in [3.05, 3.63) is 0 Å². The van der Waals surface area contributed by atoms with Crippen molar-refractivity contribution in [1.29, 1.82) is 0 Å². The van der Waals surface area contributed by atoms with E-state index in [1.807, 2.05) is 6.92 Å². The van der Waals surface area contributed by atoms with Crippen molar-refractivity contribution in [1.82, 2.24) is 10.6 Å². The van der Waals surface area contributed by atoms with Gasteiger partial charge < -0.3 is 5.32 Å². The molecular weight excluding hydrogens is 212 g/mol. The van der Waals surface area contributed by atoms with Crippen LogP contribution in [0.4, 0.5) is 0 Å². The van der Waals surface area contributed by atoms with Crippen molar-refractivity contribution in [2.24, 2.45) is 0 Å². The Labute approximate surface area is 93.7 Å². The van der Waals surface area contributed by atoms with E-state index in [9.17, 15) is 9.00 Å². The Morgan fingerprint density at radius 1 is 1.60 bits per heavy atom. The summed E-state index contributed by atoms with van der Waals surface area (Å²) in [6.07, 6.45) is 7.40. The Morgan fingerprint density at radius 2 is 2.27 bits per heavy atom. The lowest BCUT2D eigenvalue weighted by molar-refractivity contribution is -0.120. The topological polar surface area (TPSA) is 58.2 Å². The molecule has 0 aromatic heterocycles. The zero-order chi connectivity index (χ0) is 11.7. The molecule has 0 aromatic rings. The fourth-order valence-corrected chi connectivity index (χ4v) is 1.67. The number of carbonyl (C=O) groups is 1. The van der Waals surface area contributed by atoms with Crippen LogP contribution >= 0.6 is 0 Å². The van der Waals surface area contributed by atoms with E-state index < -0.39 is 10.8 Å². The molecular formula is C10H18N2O2S. The third-order valence-corrected chi connectivity index (χ3v) is 2.57. The second kappa shape index (κ2) is 8.45. The first-order valence-corrected chi connectivity index (χ1v) is 6.52. The van der Waals surface area contributed by atoms with Gasteiger partial charge in [-0.3, -0.25) is 14.3 Å². The molecule has 0 aliphatic heterocycles. The Balaban J connectivity index is 3.58. The maximum absolute atomic E-state index is 11.3. The quantitative estimate of drug-likeness (QED) is 0.457. The standard InChI is InChI=1S/C10H18N2O2S/c1-4-6-11-8-10(13)12-9(2)5-7-15(3)14/h1,9,11H,5-8H2,2-3H3,(H,12,13). The van der Waals surface area contributed by atoms with E-state index in [2.05, 4.69) is 16.6 Å². The summed E-state index contributed by atoms with van der Waals surface area (Å²) in [5, 5.41) is 5.59. The molecule has 1 amide bonds. The van der Waals surface area contributed by atoms with Gasteiger partial charge in [0, 0.05) is 28.9 Å². The molecule has 2 unspecified atom stereocenters. The fourth-order valence-electron chi connectivity index (χ4n) is 0.989. The zero-order valence-electron chi connectivity index (χ0n) is 9.21. The average Bonchev–Trinajstić information content (AvgIpc) is 2.15. The monoisotopic (exact) mass is 230 g/mol. The molecule has 86 valence electrons. The number of terminal acetylenes is 1. The zero-order valence-corrected chi connectivity index (χ0v) is 10.0. The first-order valence-electron chi connectivity index (χ1n) is 4.79. The highest BCUT2D eigenvalue weighted by Gasteiger charge is 2.06. The third-order valence-electron chi connectivity index (χ3n) is 1.76. The highest BCUT2D eigenvalue weighted by atomic mass is 32.2. The lowest BCUT2D eigenvalue weighted by atomic mass is 10.2. The molecule has 0 fully saturated rings. The van der Waals surface area contributed by atoms with Crippen LogP contribution in [-0.4, -0.2) is 41.3 Å². The Morgan fingerprint density at radius 3 is 2.80 bits per heavy atom. The summed E-state index contributed by atoms with van der Waals surface area (Å²) in [4.78, 5) is 11.3. The Kier molecular flexibility index (Phi) is 7.96. The smallest absolute Gasteiger partial charge is 0.234 e. The highest BCUT2D eigenvalue weighted by molar-refractivity contribution is 7.84. The molecule has 2 N–H and O–H groups in total. The summed E-state index contributed by atoms with van der Waals surface area (Å²) in [5.74, 6) is 2.91. The fraction of sp³-hybridized carbons (Fsp3) is 0.700. The number of nitrogens with one attached hydrogen (secondary N) is 2. The molecule has 0 radical (unpaired) electrons. The van der Waals surface area contributed by atoms with Crippen molar-refractivity contribution in [3.63, 3.8) is 0 Å². The molecule has 0 spiro atoms. The normalized spacial score (nSPS) is 13.9. The van der Waals surface area contributed by atoms with Crippen molar-refractivity contribution >= 4 is 16.7 Å². The summed E-state index contributed by atoms with van der Waals surface area (Å²) in [6, 6.07) is 0.0500. The predicted octanol–water partition coefficient (Wildman–Crippen LogP) is -0.517. The molecule has 0 bridgehead atoms. The molecule has 0 rings (SSSR count). The maximum atomic E-state index is 11.3. The average molecular weight is 230 g/mol. The molecule has 0 saturated carbocycles. The van der Waals surface area contributed by atoms with Crippen LogP contribution in [0.15, 0.2) is 0 Å². The number of rotatable bonds is 7.